The molecule has 0 amide bonds. The first-order valence-electron chi connectivity index (χ1n) is 7.87. The summed E-state index contributed by atoms with van der Waals surface area (Å²) in [6, 6.07) is 10.1. The van der Waals surface area contributed by atoms with Crippen molar-refractivity contribution in [3.8, 4) is 5.75 Å². The number of anilines is 1. The molecule has 0 saturated heterocycles. The molecule has 132 valence electrons. The van der Waals surface area contributed by atoms with Crippen molar-refractivity contribution < 1.29 is 22.3 Å². The molecule has 1 unspecified atom stereocenters. The molecular weight excluding hydrogens is 345 g/mol. The number of hydrogen-bond acceptors (Lipinski definition) is 4. The first-order valence-corrected chi connectivity index (χ1v) is 9.31. The van der Waals surface area contributed by atoms with Crippen LogP contribution in [-0.4, -0.2) is 28.4 Å². The van der Waals surface area contributed by atoms with Gasteiger partial charge >= 0.3 is 0 Å². The van der Waals surface area contributed by atoms with Crippen LogP contribution in [0.4, 0.5) is 10.1 Å². The Morgan fingerprint density at radius 3 is 2.76 bits per heavy atom. The predicted molar refractivity (Wildman–Crippen MR) is 92.0 cm³/mol. The Balaban J connectivity index is 2.05. The number of rotatable bonds is 6. The first kappa shape index (κ1) is 17.4. The summed E-state index contributed by atoms with van der Waals surface area (Å²) in [5.41, 5.74) is 1.36. The monoisotopic (exact) mass is 363 g/mol. The van der Waals surface area contributed by atoms with Crippen LogP contribution in [0.15, 0.2) is 47.4 Å². The number of nitrogens with zero attached hydrogens (tertiary/aromatic N) is 1. The maximum Gasteiger partial charge on any atom is 0.264 e. The number of carbonyl (C=O) groups excluding carboxylic acids is 1. The summed E-state index contributed by atoms with van der Waals surface area (Å²) < 4.78 is 46.0. The summed E-state index contributed by atoms with van der Waals surface area (Å²) in [5.74, 6) is -0.0915. The topological polar surface area (TPSA) is 63.7 Å². The van der Waals surface area contributed by atoms with Gasteiger partial charge in [-0.2, -0.15) is 0 Å². The van der Waals surface area contributed by atoms with Crippen molar-refractivity contribution in [2.24, 2.45) is 0 Å². The van der Waals surface area contributed by atoms with Gasteiger partial charge in [-0.05, 0) is 48.4 Å². The molecular formula is C18H18FNO4S. The molecule has 0 N–H and O–H groups in total. The third kappa shape index (κ3) is 3.24. The molecule has 1 aliphatic rings. The SMILES string of the molecule is COc1ccc2c(c1)C(CCC=O)CN2S(=O)(=O)c1cccc(F)c1. The zero-order valence-electron chi connectivity index (χ0n) is 13.7. The zero-order valence-corrected chi connectivity index (χ0v) is 14.5. The van der Waals surface area contributed by atoms with Crippen LogP contribution >= 0.6 is 0 Å². The average Bonchev–Trinajstić information content (AvgIpc) is 2.98. The van der Waals surface area contributed by atoms with E-state index in [0.717, 1.165) is 17.9 Å². The molecule has 0 aromatic heterocycles. The number of methoxy groups -OCH3 is 1. The fourth-order valence-electron chi connectivity index (χ4n) is 3.11. The van der Waals surface area contributed by atoms with Crippen molar-refractivity contribution in [1.82, 2.24) is 0 Å². The van der Waals surface area contributed by atoms with E-state index in [4.69, 9.17) is 4.74 Å². The van der Waals surface area contributed by atoms with Gasteiger partial charge in [0.25, 0.3) is 10.0 Å². The summed E-state index contributed by atoms with van der Waals surface area (Å²) in [6.07, 6.45) is 1.71. The second-order valence-electron chi connectivity index (χ2n) is 5.86. The maximum absolute atomic E-state index is 13.5. The Hall–Kier alpha value is -2.41. The molecule has 7 heteroatoms. The third-order valence-electron chi connectivity index (χ3n) is 4.35. The summed E-state index contributed by atoms with van der Waals surface area (Å²) in [6.45, 7) is 0.217. The van der Waals surface area contributed by atoms with E-state index in [9.17, 15) is 17.6 Å². The van der Waals surface area contributed by atoms with E-state index in [-0.39, 0.29) is 17.4 Å². The number of halogens is 1. The van der Waals surface area contributed by atoms with Gasteiger partial charge in [0.2, 0.25) is 0 Å². The van der Waals surface area contributed by atoms with Crippen LogP contribution in [-0.2, 0) is 14.8 Å². The van der Waals surface area contributed by atoms with E-state index in [2.05, 4.69) is 0 Å². The van der Waals surface area contributed by atoms with E-state index in [0.29, 0.717) is 24.3 Å². The Morgan fingerprint density at radius 2 is 2.08 bits per heavy atom. The van der Waals surface area contributed by atoms with Crippen LogP contribution in [0.5, 0.6) is 5.75 Å². The lowest BCUT2D eigenvalue weighted by Gasteiger charge is -2.20. The van der Waals surface area contributed by atoms with Gasteiger partial charge in [-0.1, -0.05) is 6.07 Å². The van der Waals surface area contributed by atoms with Gasteiger partial charge in [-0.25, -0.2) is 12.8 Å². The Kier molecular flexibility index (Phi) is 4.76. The summed E-state index contributed by atoms with van der Waals surface area (Å²) in [7, 11) is -2.35. The van der Waals surface area contributed by atoms with Gasteiger partial charge in [0, 0.05) is 18.9 Å². The number of aldehydes is 1. The van der Waals surface area contributed by atoms with Crippen LogP contribution in [0.25, 0.3) is 0 Å². The van der Waals surface area contributed by atoms with Crippen molar-refractivity contribution in [3.63, 3.8) is 0 Å². The van der Waals surface area contributed by atoms with Crippen LogP contribution in [0.3, 0.4) is 0 Å². The smallest absolute Gasteiger partial charge is 0.264 e. The summed E-state index contributed by atoms with van der Waals surface area (Å²) >= 11 is 0. The van der Waals surface area contributed by atoms with Gasteiger partial charge < -0.3 is 9.53 Å². The second kappa shape index (κ2) is 6.84. The molecule has 2 aromatic rings. The number of carbonyl (C=O) groups is 1. The third-order valence-corrected chi connectivity index (χ3v) is 6.12. The number of fused-ring (bicyclic) bond motifs is 1. The normalized spacial score (nSPS) is 16.6. The van der Waals surface area contributed by atoms with Crippen LogP contribution in [0.2, 0.25) is 0 Å². The van der Waals surface area contributed by atoms with Gasteiger partial charge in [-0.15, -0.1) is 0 Å². The Morgan fingerprint density at radius 1 is 1.28 bits per heavy atom. The van der Waals surface area contributed by atoms with Crippen molar-refractivity contribution in [2.75, 3.05) is 18.0 Å². The van der Waals surface area contributed by atoms with Crippen LogP contribution in [0.1, 0.15) is 24.3 Å². The summed E-state index contributed by atoms with van der Waals surface area (Å²) in [4.78, 5) is 10.6. The number of hydrogen-bond donors (Lipinski definition) is 0. The summed E-state index contributed by atoms with van der Waals surface area (Å²) in [5, 5.41) is 0. The van der Waals surface area contributed by atoms with Gasteiger partial charge in [0.15, 0.2) is 0 Å². The minimum Gasteiger partial charge on any atom is -0.497 e. The molecule has 5 nitrogen and oxygen atoms in total. The van der Waals surface area contributed by atoms with E-state index >= 15 is 0 Å². The molecule has 25 heavy (non-hydrogen) atoms. The predicted octanol–water partition coefficient (Wildman–Crippen LogP) is 3.11. The Labute approximate surface area is 146 Å². The standard InChI is InChI=1S/C18H18FNO4S/c1-24-15-7-8-18-17(11-15)13(4-3-9-21)12-20(18)25(22,23)16-6-2-5-14(19)10-16/h2,5-11,13H,3-4,12H2,1H3. The van der Waals surface area contributed by atoms with Crippen molar-refractivity contribution >= 4 is 22.0 Å². The average molecular weight is 363 g/mol. The second-order valence-corrected chi connectivity index (χ2v) is 7.72. The molecule has 3 rings (SSSR count). The molecule has 2 aromatic carbocycles. The quantitative estimate of drug-likeness (QED) is 0.740. The highest BCUT2D eigenvalue weighted by atomic mass is 32.2. The highest BCUT2D eigenvalue weighted by Crippen LogP contribution is 2.43. The molecule has 0 bridgehead atoms. The highest BCUT2D eigenvalue weighted by molar-refractivity contribution is 7.92. The lowest BCUT2D eigenvalue weighted by Crippen LogP contribution is -2.30. The molecule has 1 atom stereocenters. The molecule has 0 aliphatic carbocycles. The fourth-order valence-corrected chi connectivity index (χ4v) is 4.68. The number of benzene rings is 2. The fraction of sp³-hybridized carbons (Fsp3) is 0.278. The molecule has 0 spiro atoms. The highest BCUT2D eigenvalue weighted by Gasteiger charge is 2.36. The van der Waals surface area contributed by atoms with Gasteiger partial charge in [0.1, 0.15) is 17.9 Å². The van der Waals surface area contributed by atoms with Crippen molar-refractivity contribution in [3.05, 3.63) is 53.8 Å². The van der Waals surface area contributed by atoms with E-state index in [1.165, 1.54) is 22.5 Å². The molecule has 1 aliphatic heterocycles. The van der Waals surface area contributed by atoms with Gasteiger partial charge in [-0.3, -0.25) is 4.31 Å². The molecule has 1 heterocycles. The van der Waals surface area contributed by atoms with E-state index in [1.54, 1.807) is 25.3 Å². The lowest BCUT2D eigenvalue weighted by molar-refractivity contribution is -0.108. The number of ether oxygens (including phenoxy) is 1. The zero-order chi connectivity index (χ0) is 18.0. The minimum atomic E-state index is -3.89. The van der Waals surface area contributed by atoms with Crippen LogP contribution < -0.4 is 9.04 Å². The largest absolute Gasteiger partial charge is 0.497 e. The minimum absolute atomic E-state index is 0.0923. The molecule has 0 fully saturated rings. The van der Waals surface area contributed by atoms with Gasteiger partial charge in [0.05, 0.1) is 17.7 Å². The van der Waals surface area contributed by atoms with E-state index in [1.807, 2.05) is 0 Å². The van der Waals surface area contributed by atoms with Crippen molar-refractivity contribution in [1.29, 1.82) is 0 Å². The lowest BCUT2D eigenvalue weighted by atomic mass is 9.96. The van der Waals surface area contributed by atoms with Crippen LogP contribution in [0, 0.1) is 5.82 Å². The Bertz CT molecular complexity index is 898. The maximum atomic E-state index is 13.5. The first-order chi connectivity index (χ1) is 12.0. The van der Waals surface area contributed by atoms with Crippen molar-refractivity contribution in [2.45, 2.75) is 23.7 Å². The molecule has 0 saturated carbocycles. The molecule has 0 radical (unpaired) electrons. The van der Waals surface area contributed by atoms with E-state index < -0.39 is 15.8 Å². The number of sulfonamides is 1.